The van der Waals surface area contributed by atoms with Gasteiger partial charge in [-0.3, -0.25) is 4.79 Å². The summed E-state index contributed by atoms with van der Waals surface area (Å²) in [6.07, 6.45) is 3.16. The predicted molar refractivity (Wildman–Crippen MR) is 91.4 cm³/mol. The second-order valence-corrected chi connectivity index (χ2v) is 6.17. The van der Waals surface area contributed by atoms with Crippen LogP contribution in [0.1, 0.15) is 27.7 Å². The van der Waals surface area contributed by atoms with Gasteiger partial charge >= 0.3 is 0 Å². The number of rotatable bonds is 6. The number of thiophene rings is 1. The third-order valence-corrected chi connectivity index (χ3v) is 4.51. The molecule has 0 aromatic carbocycles. The van der Waals surface area contributed by atoms with E-state index in [1.165, 1.54) is 6.26 Å². The quantitative estimate of drug-likeness (QED) is 0.562. The summed E-state index contributed by atoms with van der Waals surface area (Å²) in [5, 5.41) is 10.7. The Labute approximate surface area is 147 Å². The lowest BCUT2D eigenvalue weighted by Gasteiger charge is -2.13. The number of amides is 1. The van der Waals surface area contributed by atoms with Crippen LogP contribution in [0.3, 0.4) is 0 Å². The Kier molecular flexibility index (Phi) is 4.22. The Morgan fingerprint density at radius 2 is 2.04 bits per heavy atom. The van der Waals surface area contributed by atoms with Crippen molar-refractivity contribution in [3.8, 4) is 11.5 Å². The molecule has 0 spiro atoms. The molecule has 0 fully saturated rings. The van der Waals surface area contributed by atoms with Gasteiger partial charge in [0.1, 0.15) is 5.76 Å². The van der Waals surface area contributed by atoms with E-state index in [9.17, 15) is 4.79 Å². The van der Waals surface area contributed by atoms with Crippen molar-refractivity contribution in [2.45, 2.75) is 5.92 Å². The smallest absolute Gasteiger partial charge is 0.273 e. The fourth-order valence-electron chi connectivity index (χ4n) is 2.55. The molecule has 0 bridgehead atoms. The zero-order chi connectivity index (χ0) is 17.1. The molecule has 4 aromatic heterocycles. The molecular formula is C18H14N2O4S. The van der Waals surface area contributed by atoms with Crippen molar-refractivity contribution in [3.05, 3.63) is 76.7 Å². The van der Waals surface area contributed by atoms with Crippen molar-refractivity contribution in [3.63, 3.8) is 0 Å². The van der Waals surface area contributed by atoms with E-state index in [2.05, 4.69) is 10.5 Å². The molecular weight excluding hydrogens is 340 g/mol. The largest absolute Gasteiger partial charge is 0.469 e. The third-order valence-electron chi connectivity index (χ3n) is 3.81. The van der Waals surface area contributed by atoms with Crippen molar-refractivity contribution < 1.29 is 18.2 Å². The topological polar surface area (TPSA) is 81.4 Å². The molecule has 0 aliphatic heterocycles. The molecule has 0 aliphatic rings. The second-order valence-electron chi connectivity index (χ2n) is 5.39. The summed E-state index contributed by atoms with van der Waals surface area (Å²) >= 11 is 1.61. The van der Waals surface area contributed by atoms with Crippen LogP contribution in [0.2, 0.25) is 0 Å². The Balaban J connectivity index is 1.47. The van der Waals surface area contributed by atoms with Gasteiger partial charge in [-0.15, -0.1) is 0 Å². The maximum Gasteiger partial charge on any atom is 0.273 e. The zero-order valence-corrected chi connectivity index (χ0v) is 13.9. The first-order valence-corrected chi connectivity index (χ1v) is 8.60. The number of hydrogen-bond acceptors (Lipinski definition) is 6. The van der Waals surface area contributed by atoms with Crippen LogP contribution in [0.25, 0.3) is 11.5 Å². The van der Waals surface area contributed by atoms with Gasteiger partial charge < -0.3 is 18.7 Å². The van der Waals surface area contributed by atoms with E-state index in [-0.39, 0.29) is 17.5 Å². The number of hydrogen-bond donors (Lipinski definition) is 1. The fourth-order valence-corrected chi connectivity index (χ4v) is 3.26. The molecule has 4 heterocycles. The maximum absolute atomic E-state index is 12.4. The number of carbonyl (C=O) groups excluding carboxylic acids is 1. The van der Waals surface area contributed by atoms with Crippen molar-refractivity contribution in [1.82, 2.24) is 10.5 Å². The number of carbonyl (C=O) groups is 1. The summed E-state index contributed by atoms with van der Waals surface area (Å²) in [6.45, 7) is 0.395. The van der Waals surface area contributed by atoms with Crippen LogP contribution >= 0.6 is 11.3 Å². The highest BCUT2D eigenvalue weighted by atomic mass is 32.1. The van der Waals surface area contributed by atoms with Gasteiger partial charge in [0, 0.05) is 12.6 Å². The van der Waals surface area contributed by atoms with E-state index in [1.54, 1.807) is 35.8 Å². The molecule has 4 rings (SSSR count). The molecule has 1 amide bonds. The molecule has 7 heteroatoms. The lowest BCUT2D eigenvalue weighted by molar-refractivity contribution is 0.0943. The average Bonchev–Trinajstić information content (AvgIpc) is 3.43. The molecule has 0 radical (unpaired) electrons. The lowest BCUT2D eigenvalue weighted by Crippen LogP contribution is -2.28. The van der Waals surface area contributed by atoms with E-state index in [1.807, 2.05) is 29.0 Å². The Bertz CT molecular complexity index is 890. The number of aromatic nitrogens is 1. The summed E-state index contributed by atoms with van der Waals surface area (Å²) in [6, 6.07) is 10.8. The molecule has 0 saturated carbocycles. The van der Waals surface area contributed by atoms with Crippen molar-refractivity contribution >= 4 is 17.2 Å². The van der Waals surface area contributed by atoms with Crippen molar-refractivity contribution in [2.75, 3.05) is 6.54 Å². The van der Waals surface area contributed by atoms with Crippen LogP contribution < -0.4 is 5.32 Å². The summed E-state index contributed by atoms with van der Waals surface area (Å²) < 4.78 is 15.9. The zero-order valence-electron chi connectivity index (χ0n) is 13.0. The van der Waals surface area contributed by atoms with Gasteiger partial charge in [-0.1, -0.05) is 5.16 Å². The normalized spacial score (nSPS) is 12.2. The minimum atomic E-state index is -0.312. The Morgan fingerprint density at radius 3 is 2.76 bits per heavy atom. The van der Waals surface area contributed by atoms with Gasteiger partial charge in [0.2, 0.25) is 5.76 Å². The Hall–Kier alpha value is -3.06. The third kappa shape index (κ3) is 3.27. The number of nitrogens with zero attached hydrogens (tertiary/aromatic N) is 1. The van der Waals surface area contributed by atoms with Gasteiger partial charge in [-0.2, -0.15) is 11.3 Å². The Morgan fingerprint density at radius 1 is 1.16 bits per heavy atom. The number of furan rings is 2. The average molecular weight is 354 g/mol. The SMILES string of the molecule is O=C(NCC(c1ccsc1)c1ccco1)c1cc(-c2ccco2)on1. The molecule has 1 unspecified atom stereocenters. The summed E-state index contributed by atoms with van der Waals surface area (Å²) in [5.41, 5.74) is 1.30. The molecule has 0 aliphatic carbocycles. The molecule has 0 saturated heterocycles. The summed E-state index contributed by atoms with van der Waals surface area (Å²) in [5.74, 6) is 1.37. The van der Waals surface area contributed by atoms with Crippen LogP contribution in [0, 0.1) is 0 Å². The van der Waals surface area contributed by atoms with Crippen LogP contribution in [0.4, 0.5) is 0 Å². The highest BCUT2D eigenvalue weighted by Gasteiger charge is 2.20. The monoisotopic (exact) mass is 354 g/mol. The summed E-state index contributed by atoms with van der Waals surface area (Å²) in [4.78, 5) is 12.4. The van der Waals surface area contributed by atoms with Crippen molar-refractivity contribution in [1.29, 1.82) is 0 Å². The fraction of sp³-hybridized carbons (Fsp3) is 0.111. The van der Waals surface area contributed by atoms with E-state index in [0.29, 0.717) is 18.1 Å². The molecule has 1 atom stereocenters. The van der Waals surface area contributed by atoms with Gasteiger partial charge in [-0.25, -0.2) is 0 Å². The molecule has 126 valence electrons. The first kappa shape index (κ1) is 15.5. The van der Waals surface area contributed by atoms with Gasteiger partial charge in [0.05, 0.1) is 18.4 Å². The van der Waals surface area contributed by atoms with E-state index >= 15 is 0 Å². The summed E-state index contributed by atoms with van der Waals surface area (Å²) in [7, 11) is 0. The van der Waals surface area contributed by atoms with E-state index in [4.69, 9.17) is 13.4 Å². The predicted octanol–water partition coefficient (Wildman–Crippen LogP) is 4.15. The highest BCUT2D eigenvalue weighted by molar-refractivity contribution is 7.08. The van der Waals surface area contributed by atoms with Crippen LogP contribution in [0.5, 0.6) is 0 Å². The second kappa shape index (κ2) is 6.82. The lowest BCUT2D eigenvalue weighted by atomic mass is 9.99. The van der Waals surface area contributed by atoms with Crippen molar-refractivity contribution in [2.24, 2.45) is 0 Å². The van der Waals surface area contributed by atoms with Gasteiger partial charge in [0.15, 0.2) is 11.5 Å². The first-order valence-electron chi connectivity index (χ1n) is 7.65. The molecule has 6 nitrogen and oxygen atoms in total. The minimum Gasteiger partial charge on any atom is -0.469 e. The number of nitrogens with one attached hydrogen (secondary N) is 1. The molecule has 4 aromatic rings. The minimum absolute atomic E-state index is 0.0540. The van der Waals surface area contributed by atoms with E-state index in [0.717, 1.165) is 11.3 Å². The van der Waals surface area contributed by atoms with E-state index < -0.39 is 0 Å². The first-order chi connectivity index (χ1) is 12.3. The van der Waals surface area contributed by atoms with Gasteiger partial charge in [0.25, 0.3) is 5.91 Å². The van der Waals surface area contributed by atoms with Crippen LogP contribution in [-0.4, -0.2) is 17.6 Å². The van der Waals surface area contributed by atoms with Crippen LogP contribution in [-0.2, 0) is 0 Å². The van der Waals surface area contributed by atoms with Gasteiger partial charge in [-0.05, 0) is 46.7 Å². The molecule has 25 heavy (non-hydrogen) atoms. The highest BCUT2D eigenvalue weighted by Crippen LogP contribution is 2.26. The maximum atomic E-state index is 12.4. The van der Waals surface area contributed by atoms with Crippen LogP contribution in [0.15, 0.2) is 73.0 Å². The standard InChI is InChI=1S/C18H14N2O4S/c21-18(14-9-17(24-20-14)16-4-2-7-23-16)19-10-13(12-5-8-25-11-12)15-3-1-6-22-15/h1-9,11,13H,10H2,(H,19,21). The molecule has 1 N–H and O–H groups in total.